The Kier molecular flexibility index (Phi) is 6.10. The zero-order valence-electron chi connectivity index (χ0n) is 29.8. The highest BCUT2D eigenvalue weighted by atomic mass is 16.4. The van der Waals surface area contributed by atoms with Crippen LogP contribution in [0.2, 0.25) is 0 Å². The Morgan fingerprint density at radius 2 is 1.00 bits per heavy atom. The fourth-order valence-electron chi connectivity index (χ4n) is 9.38. The molecule has 55 heavy (non-hydrogen) atoms. The van der Waals surface area contributed by atoms with Crippen LogP contribution in [0, 0.1) is 0 Å². The number of furan rings is 1. The molecule has 1 aliphatic carbocycles. The Bertz CT molecular complexity index is 3270. The zero-order chi connectivity index (χ0) is 37.5. The van der Waals surface area contributed by atoms with Gasteiger partial charge in [-0.3, -0.25) is 0 Å². The highest BCUT2D eigenvalue weighted by Crippen LogP contribution is 2.57. The van der Waals surface area contributed by atoms with Crippen LogP contribution in [0.4, 0.5) is 0 Å². The highest BCUT2D eigenvalue weighted by Gasteiger charge is 2.35. The average Bonchev–Trinajstić information content (AvgIpc) is 3.71. The predicted molar refractivity (Wildman–Crippen MR) is 220 cm³/mol. The van der Waals surface area contributed by atoms with Gasteiger partial charge in [0.25, 0.3) is 0 Å². The van der Waals surface area contributed by atoms with Gasteiger partial charge in [0.2, 0.25) is 17.2 Å². The van der Waals surface area contributed by atoms with Crippen molar-refractivity contribution in [3.63, 3.8) is 0 Å². The van der Waals surface area contributed by atoms with E-state index in [1.165, 1.54) is 54.9 Å². The molecule has 0 aliphatic heterocycles. The molecule has 0 amide bonds. The SMILES string of the molecule is CC1(C)c2ccccc2-c2cc(-c3ccc4ccc5c(-c6cccc7oc8c(-c9c(O)c(O)c(O)c(O)c9O)cccc8c67)ccc6ccc3c4c65)ccc21. The maximum Gasteiger partial charge on any atom is 0.208 e. The second-order valence-corrected chi connectivity index (χ2v) is 15.2. The van der Waals surface area contributed by atoms with Crippen LogP contribution >= 0.6 is 0 Å². The molecular weight excluding hydrogens is 685 g/mol. The van der Waals surface area contributed by atoms with E-state index in [2.05, 4.69) is 111 Å². The van der Waals surface area contributed by atoms with E-state index in [0.717, 1.165) is 27.3 Å². The molecule has 0 fully saturated rings. The first-order valence-corrected chi connectivity index (χ1v) is 18.2. The third-order valence-corrected chi connectivity index (χ3v) is 12.0. The first-order valence-electron chi connectivity index (χ1n) is 18.2. The molecule has 5 N–H and O–H groups in total. The molecule has 10 aromatic rings. The molecule has 0 bridgehead atoms. The van der Waals surface area contributed by atoms with Crippen LogP contribution in [0.1, 0.15) is 25.0 Å². The van der Waals surface area contributed by atoms with Crippen LogP contribution in [0.5, 0.6) is 28.7 Å². The number of aromatic hydroxyl groups is 5. The van der Waals surface area contributed by atoms with E-state index in [-0.39, 0.29) is 16.5 Å². The largest absolute Gasteiger partial charge is 0.504 e. The van der Waals surface area contributed by atoms with Gasteiger partial charge in [0.05, 0.1) is 5.56 Å². The molecule has 6 heteroatoms. The Morgan fingerprint density at radius 1 is 0.418 bits per heavy atom. The summed E-state index contributed by atoms with van der Waals surface area (Å²) in [7, 11) is 0. The van der Waals surface area contributed by atoms with E-state index in [4.69, 9.17) is 4.42 Å². The molecule has 11 rings (SSSR count). The van der Waals surface area contributed by atoms with E-state index >= 15 is 0 Å². The van der Waals surface area contributed by atoms with Gasteiger partial charge in [0.15, 0.2) is 11.5 Å². The van der Waals surface area contributed by atoms with Crippen molar-refractivity contribution in [1.82, 2.24) is 0 Å². The summed E-state index contributed by atoms with van der Waals surface area (Å²) in [4.78, 5) is 0. The van der Waals surface area contributed by atoms with E-state index in [1.54, 1.807) is 12.1 Å². The van der Waals surface area contributed by atoms with Gasteiger partial charge in [-0.1, -0.05) is 129 Å². The molecule has 0 saturated heterocycles. The monoisotopic (exact) mass is 716 g/mol. The first-order chi connectivity index (χ1) is 26.6. The summed E-state index contributed by atoms with van der Waals surface area (Å²) in [6.45, 7) is 4.61. The molecule has 0 atom stereocenters. The van der Waals surface area contributed by atoms with Crippen molar-refractivity contribution in [3.8, 4) is 73.3 Å². The molecule has 6 nitrogen and oxygen atoms in total. The molecule has 1 aliphatic rings. The van der Waals surface area contributed by atoms with Crippen LogP contribution in [0.15, 0.2) is 132 Å². The van der Waals surface area contributed by atoms with Crippen molar-refractivity contribution in [3.05, 3.63) is 139 Å². The number of rotatable bonds is 3. The lowest BCUT2D eigenvalue weighted by atomic mass is 9.82. The molecular formula is C49H32O6. The fourth-order valence-corrected chi connectivity index (χ4v) is 9.38. The van der Waals surface area contributed by atoms with Gasteiger partial charge in [-0.05, 0) is 89.0 Å². The Labute approximate surface area is 314 Å². The van der Waals surface area contributed by atoms with Gasteiger partial charge in [-0.15, -0.1) is 0 Å². The smallest absolute Gasteiger partial charge is 0.208 e. The van der Waals surface area contributed by atoms with E-state index in [9.17, 15) is 25.5 Å². The molecule has 1 aromatic heterocycles. The minimum Gasteiger partial charge on any atom is -0.504 e. The van der Waals surface area contributed by atoms with Crippen molar-refractivity contribution in [1.29, 1.82) is 0 Å². The van der Waals surface area contributed by atoms with Crippen LogP contribution in [-0.4, -0.2) is 25.5 Å². The number of phenols is 5. The number of phenolic OH excluding ortho intramolecular Hbond substituents is 5. The summed E-state index contributed by atoms with van der Waals surface area (Å²) in [6, 6.07) is 44.5. The normalized spacial score (nSPS) is 13.4. The zero-order valence-corrected chi connectivity index (χ0v) is 29.8. The average molecular weight is 717 g/mol. The number of hydrogen-bond donors (Lipinski definition) is 5. The maximum atomic E-state index is 10.8. The van der Waals surface area contributed by atoms with E-state index in [0.29, 0.717) is 16.6 Å². The second kappa shape index (κ2) is 10.7. The summed E-state index contributed by atoms with van der Waals surface area (Å²) < 4.78 is 6.43. The summed E-state index contributed by atoms with van der Waals surface area (Å²) in [5.74, 6) is -4.45. The van der Waals surface area contributed by atoms with Crippen molar-refractivity contribution >= 4 is 54.3 Å². The fraction of sp³-hybridized carbons (Fsp3) is 0.0612. The van der Waals surface area contributed by atoms with Crippen LogP contribution in [0.25, 0.3) is 98.8 Å². The van der Waals surface area contributed by atoms with Gasteiger partial charge in [-0.25, -0.2) is 0 Å². The van der Waals surface area contributed by atoms with Crippen molar-refractivity contribution in [2.75, 3.05) is 0 Å². The predicted octanol–water partition coefficient (Wildman–Crippen LogP) is 12.3. The molecule has 9 aromatic carbocycles. The van der Waals surface area contributed by atoms with Crippen molar-refractivity contribution in [2.45, 2.75) is 19.3 Å². The van der Waals surface area contributed by atoms with Gasteiger partial charge in [0.1, 0.15) is 11.2 Å². The Hall–Kier alpha value is -7.18. The minimum absolute atomic E-state index is 0.0603. The number of fused-ring (bicyclic) bond motifs is 6. The quantitative estimate of drug-likeness (QED) is 0.0706. The van der Waals surface area contributed by atoms with E-state index < -0.39 is 28.7 Å². The molecule has 0 unspecified atom stereocenters. The molecule has 0 radical (unpaired) electrons. The van der Waals surface area contributed by atoms with Crippen LogP contribution in [-0.2, 0) is 5.41 Å². The standard InChI is InChI=1S/C49H32O6/c1-49(2)36-11-4-3-7-29(36)35-23-26(17-22-37(35)49)27-18-13-24-16-21-32-28(19-14-25-15-20-31(27)39(24)40(25)32)30-8-6-12-38-41(30)33-9-5-10-34(48(33)55-38)42-43(50)45(52)47(54)46(53)44(42)51/h3-23,50-54H,1-2H3. The van der Waals surface area contributed by atoms with Crippen LogP contribution in [0.3, 0.4) is 0 Å². The van der Waals surface area contributed by atoms with Crippen molar-refractivity contribution in [2.24, 2.45) is 0 Å². The molecule has 0 spiro atoms. The first kappa shape index (κ1) is 31.4. The Morgan fingerprint density at radius 3 is 1.75 bits per heavy atom. The third-order valence-electron chi connectivity index (χ3n) is 12.0. The number of benzene rings is 9. The minimum atomic E-state index is -1.01. The Balaban J connectivity index is 1.13. The lowest BCUT2D eigenvalue weighted by molar-refractivity contribution is 0.330. The second-order valence-electron chi connectivity index (χ2n) is 15.2. The lowest BCUT2D eigenvalue weighted by Crippen LogP contribution is -2.14. The number of para-hydroxylation sites is 1. The molecule has 1 heterocycles. The van der Waals surface area contributed by atoms with Gasteiger partial charge >= 0.3 is 0 Å². The summed E-state index contributed by atoms with van der Waals surface area (Å²) in [5, 5.41) is 60.9. The highest BCUT2D eigenvalue weighted by molar-refractivity contribution is 6.29. The van der Waals surface area contributed by atoms with Gasteiger partial charge < -0.3 is 29.9 Å². The molecule has 264 valence electrons. The van der Waals surface area contributed by atoms with Gasteiger partial charge in [0, 0.05) is 21.8 Å². The van der Waals surface area contributed by atoms with E-state index in [1.807, 2.05) is 18.2 Å². The maximum absolute atomic E-state index is 10.8. The summed E-state index contributed by atoms with van der Waals surface area (Å²) in [6.07, 6.45) is 0. The lowest BCUT2D eigenvalue weighted by Gasteiger charge is -2.21. The third kappa shape index (κ3) is 4.03. The topological polar surface area (TPSA) is 114 Å². The number of hydrogen-bond acceptors (Lipinski definition) is 6. The summed E-state index contributed by atoms with van der Waals surface area (Å²) >= 11 is 0. The van der Waals surface area contributed by atoms with Gasteiger partial charge in [-0.2, -0.15) is 0 Å². The van der Waals surface area contributed by atoms with Crippen LogP contribution < -0.4 is 0 Å². The molecule has 0 saturated carbocycles. The van der Waals surface area contributed by atoms with Crippen molar-refractivity contribution < 1.29 is 29.9 Å². The summed E-state index contributed by atoms with van der Waals surface area (Å²) in [5.41, 5.74) is 10.5.